The summed E-state index contributed by atoms with van der Waals surface area (Å²) in [6.45, 7) is 14.2. The van der Waals surface area contributed by atoms with Crippen molar-refractivity contribution < 1.29 is 0 Å². The second-order valence-corrected chi connectivity index (χ2v) is 10.2. The van der Waals surface area contributed by atoms with Crippen LogP contribution in [-0.2, 0) is 10.8 Å². The molecule has 2 fully saturated rings. The van der Waals surface area contributed by atoms with E-state index in [1.807, 2.05) is 0 Å². The van der Waals surface area contributed by atoms with Crippen LogP contribution in [0.25, 0.3) is 0 Å². The third-order valence-corrected chi connectivity index (χ3v) is 6.44. The Bertz CT molecular complexity index is 520. The van der Waals surface area contributed by atoms with Gasteiger partial charge in [0.05, 0.1) is 0 Å². The summed E-state index contributed by atoms with van der Waals surface area (Å²) in [6, 6.07) is 7.58. The standard InChI is InChI=1S/C23H36/c1-22(2,3)18-13-17(14-19(15-18)23(4,5)6)21-12-8-10-16-9-7-11-20(16)21/h13-16,20-21H,7-12H2,1-6H3. The van der Waals surface area contributed by atoms with Gasteiger partial charge in [0, 0.05) is 0 Å². The second kappa shape index (κ2) is 5.94. The van der Waals surface area contributed by atoms with Crippen molar-refractivity contribution >= 4 is 0 Å². The molecule has 0 heteroatoms. The maximum Gasteiger partial charge on any atom is -0.0131 e. The maximum absolute atomic E-state index is 2.56. The van der Waals surface area contributed by atoms with E-state index in [-0.39, 0.29) is 10.8 Å². The van der Waals surface area contributed by atoms with Crippen molar-refractivity contribution in [2.75, 3.05) is 0 Å². The van der Waals surface area contributed by atoms with Crippen LogP contribution in [0, 0.1) is 11.8 Å². The van der Waals surface area contributed by atoms with Gasteiger partial charge in [-0.3, -0.25) is 0 Å². The van der Waals surface area contributed by atoms with Gasteiger partial charge >= 0.3 is 0 Å². The van der Waals surface area contributed by atoms with Gasteiger partial charge in [0.2, 0.25) is 0 Å². The molecule has 23 heavy (non-hydrogen) atoms. The first-order valence-corrected chi connectivity index (χ1v) is 9.82. The highest BCUT2D eigenvalue weighted by atomic mass is 14.4. The summed E-state index contributed by atoms with van der Waals surface area (Å²) in [5.74, 6) is 2.80. The molecule has 0 bridgehead atoms. The van der Waals surface area contributed by atoms with E-state index in [0.717, 1.165) is 17.8 Å². The SMILES string of the molecule is CC(C)(C)c1cc(C2CCCC3CCCC32)cc(C(C)(C)C)c1. The Balaban J connectivity index is 2.04. The van der Waals surface area contributed by atoms with Crippen LogP contribution >= 0.6 is 0 Å². The van der Waals surface area contributed by atoms with Crippen molar-refractivity contribution in [2.45, 2.75) is 96.8 Å². The minimum atomic E-state index is 0.236. The van der Waals surface area contributed by atoms with Crippen LogP contribution in [0.5, 0.6) is 0 Å². The normalized spacial score (nSPS) is 28.7. The van der Waals surface area contributed by atoms with Crippen LogP contribution in [0.3, 0.4) is 0 Å². The van der Waals surface area contributed by atoms with Crippen LogP contribution in [0.4, 0.5) is 0 Å². The fourth-order valence-electron chi connectivity index (χ4n) is 4.91. The highest BCUT2D eigenvalue weighted by molar-refractivity contribution is 5.39. The van der Waals surface area contributed by atoms with E-state index in [0.29, 0.717) is 0 Å². The molecule has 0 N–H and O–H groups in total. The highest BCUT2D eigenvalue weighted by Crippen LogP contribution is 2.50. The fourth-order valence-corrected chi connectivity index (χ4v) is 4.91. The summed E-state index contributed by atoms with van der Waals surface area (Å²) in [6.07, 6.45) is 8.78. The van der Waals surface area contributed by atoms with Crippen molar-refractivity contribution in [3.05, 3.63) is 34.9 Å². The Morgan fingerprint density at radius 1 is 0.696 bits per heavy atom. The van der Waals surface area contributed by atoms with Gasteiger partial charge in [0.1, 0.15) is 0 Å². The second-order valence-electron chi connectivity index (χ2n) is 10.2. The van der Waals surface area contributed by atoms with Crippen LogP contribution in [0.2, 0.25) is 0 Å². The number of hydrogen-bond donors (Lipinski definition) is 0. The molecule has 2 aliphatic carbocycles. The molecule has 3 rings (SSSR count). The molecule has 0 saturated heterocycles. The average Bonchev–Trinajstić information content (AvgIpc) is 2.93. The quantitative estimate of drug-likeness (QED) is 0.525. The monoisotopic (exact) mass is 312 g/mol. The van der Waals surface area contributed by atoms with E-state index in [1.165, 1.54) is 49.7 Å². The highest BCUT2D eigenvalue weighted by Gasteiger charge is 2.37. The molecule has 0 nitrogen and oxygen atoms in total. The van der Waals surface area contributed by atoms with Crippen molar-refractivity contribution in [2.24, 2.45) is 11.8 Å². The first-order valence-electron chi connectivity index (χ1n) is 9.82. The minimum Gasteiger partial charge on any atom is -0.0561 e. The zero-order valence-electron chi connectivity index (χ0n) is 16.2. The Kier molecular flexibility index (Phi) is 4.40. The van der Waals surface area contributed by atoms with E-state index >= 15 is 0 Å². The van der Waals surface area contributed by atoms with Crippen LogP contribution in [0.15, 0.2) is 18.2 Å². The molecular weight excluding hydrogens is 276 g/mol. The molecule has 0 spiro atoms. The smallest absolute Gasteiger partial charge is 0.0131 e. The lowest BCUT2D eigenvalue weighted by molar-refractivity contribution is 0.238. The minimum absolute atomic E-state index is 0.236. The van der Waals surface area contributed by atoms with Gasteiger partial charge in [-0.25, -0.2) is 0 Å². The van der Waals surface area contributed by atoms with Crippen molar-refractivity contribution in [1.82, 2.24) is 0 Å². The zero-order valence-corrected chi connectivity index (χ0v) is 16.2. The Morgan fingerprint density at radius 2 is 1.22 bits per heavy atom. The fraction of sp³-hybridized carbons (Fsp3) is 0.739. The average molecular weight is 313 g/mol. The number of benzene rings is 1. The topological polar surface area (TPSA) is 0 Å². The van der Waals surface area contributed by atoms with Gasteiger partial charge in [-0.1, -0.05) is 85.4 Å². The molecule has 0 amide bonds. The van der Waals surface area contributed by atoms with Crippen LogP contribution < -0.4 is 0 Å². The van der Waals surface area contributed by atoms with Gasteiger partial charge in [-0.05, 0) is 58.1 Å². The molecule has 1 aromatic rings. The molecule has 1 aromatic carbocycles. The summed E-state index contributed by atoms with van der Waals surface area (Å²) in [5.41, 5.74) is 5.18. The summed E-state index contributed by atoms with van der Waals surface area (Å²) < 4.78 is 0. The Labute approximate surface area is 144 Å². The van der Waals surface area contributed by atoms with Crippen molar-refractivity contribution in [1.29, 1.82) is 0 Å². The van der Waals surface area contributed by atoms with E-state index < -0.39 is 0 Å². The molecular formula is C23H36. The Hall–Kier alpha value is -0.780. The van der Waals surface area contributed by atoms with Gasteiger partial charge in [-0.2, -0.15) is 0 Å². The molecule has 3 atom stereocenters. The summed E-state index contributed by atoms with van der Waals surface area (Å²) in [5, 5.41) is 0. The first-order chi connectivity index (χ1) is 10.7. The molecule has 0 aromatic heterocycles. The molecule has 2 saturated carbocycles. The molecule has 128 valence electrons. The van der Waals surface area contributed by atoms with E-state index in [4.69, 9.17) is 0 Å². The van der Waals surface area contributed by atoms with Gasteiger partial charge in [0.15, 0.2) is 0 Å². The molecule has 3 unspecified atom stereocenters. The van der Waals surface area contributed by atoms with Gasteiger partial charge in [0.25, 0.3) is 0 Å². The number of hydrogen-bond acceptors (Lipinski definition) is 0. The predicted molar refractivity (Wildman–Crippen MR) is 101 cm³/mol. The summed E-state index contributed by atoms with van der Waals surface area (Å²) in [7, 11) is 0. The summed E-state index contributed by atoms with van der Waals surface area (Å²) in [4.78, 5) is 0. The third kappa shape index (κ3) is 3.52. The van der Waals surface area contributed by atoms with Gasteiger partial charge < -0.3 is 0 Å². The number of fused-ring (bicyclic) bond motifs is 1. The number of rotatable bonds is 1. The van der Waals surface area contributed by atoms with E-state index in [1.54, 1.807) is 5.56 Å². The molecule has 0 radical (unpaired) electrons. The summed E-state index contributed by atoms with van der Waals surface area (Å²) >= 11 is 0. The van der Waals surface area contributed by atoms with E-state index in [2.05, 4.69) is 59.7 Å². The van der Waals surface area contributed by atoms with E-state index in [9.17, 15) is 0 Å². The molecule has 2 aliphatic rings. The van der Waals surface area contributed by atoms with Crippen LogP contribution in [-0.4, -0.2) is 0 Å². The molecule has 0 heterocycles. The lowest BCUT2D eigenvalue weighted by Gasteiger charge is -2.36. The lowest BCUT2D eigenvalue weighted by atomic mass is 9.69. The first kappa shape index (κ1) is 17.1. The largest absolute Gasteiger partial charge is 0.0561 e. The predicted octanol–water partition coefficient (Wildman–Crippen LogP) is 6.97. The van der Waals surface area contributed by atoms with Gasteiger partial charge in [-0.15, -0.1) is 0 Å². The Morgan fingerprint density at radius 3 is 1.74 bits per heavy atom. The lowest BCUT2D eigenvalue weighted by Crippen LogP contribution is -2.24. The van der Waals surface area contributed by atoms with Crippen molar-refractivity contribution in [3.8, 4) is 0 Å². The maximum atomic E-state index is 2.56. The zero-order chi connectivity index (χ0) is 16.8. The van der Waals surface area contributed by atoms with Crippen molar-refractivity contribution in [3.63, 3.8) is 0 Å². The van der Waals surface area contributed by atoms with Crippen LogP contribution in [0.1, 0.15) is 103 Å². The molecule has 0 aliphatic heterocycles. The third-order valence-electron chi connectivity index (χ3n) is 6.44.